The maximum absolute atomic E-state index is 12.6. The molecule has 5 heteroatoms. The second-order valence-electron chi connectivity index (χ2n) is 5.84. The van der Waals surface area contributed by atoms with Crippen LogP contribution < -0.4 is 4.74 Å². The summed E-state index contributed by atoms with van der Waals surface area (Å²) in [6.07, 6.45) is 1.24. The van der Waals surface area contributed by atoms with Crippen LogP contribution in [0.5, 0.6) is 5.75 Å². The first-order valence-corrected chi connectivity index (χ1v) is 8.45. The molecule has 0 amide bonds. The zero-order valence-corrected chi connectivity index (χ0v) is 14.6. The molecule has 0 aliphatic carbocycles. The van der Waals surface area contributed by atoms with Gasteiger partial charge in [-0.3, -0.25) is 0 Å². The number of carbonyl (C=O) groups excluding carboxylic acids is 1. The Morgan fingerprint density at radius 3 is 2.15 bits per heavy atom. The fraction of sp³-hybridized carbons (Fsp3) is 0.0909. The Morgan fingerprint density at radius 2 is 1.52 bits per heavy atom. The van der Waals surface area contributed by atoms with Crippen LogP contribution in [0.3, 0.4) is 0 Å². The summed E-state index contributed by atoms with van der Waals surface area (Å²) in [5.74, 6) is -0.0953. The van der Waals surface area contributed by atoms with E-state index in [1.54, 1.807) is 18.2 Å². The lowest BCUT2D eigenvalue weighted by molar-refractivity contribution is 0.0467. The van der Waals surface area contributed by atoms with E-state index in [4.69, 9.17) is 14.7 Å². The molecule has 0 saturated carbocycles. The van der Waals surface area contributed by atoms with Crippen molar-refractivity contribution in [2.45, 2.75) is 13.2 Å². The number of rotatable bonds is 7. The smallest absolute Gasteiger partial charge is 0.342 e. The van der Waals surface area contributed by atoms with Crippen molar-refractivity contribution in [1.82, 2.24) is 0 Å². The van der Waals surface area contributed by atoms with Crippen LogP contribution in [0.25, 0.3) is 0 Å². The van der Waals surface area contributed by atoms with Gasteiger partial charge in [0.25, 0.3) is 0 Å². The molecule has 0 unspecified atom stereocenters. The first kappa shape index (κ1) is 18.2. The van der Waals surface area contributed by atoms with E-state index in [1.165, 1.54) is 6.21 Å². The van der Waals surface area contributed by atoms with Crippen LogP contribution in [0.4, 0.5) is 0 Å². The average molecular weight is 361 g/mol. The summed E-state index contributed by atoms with van der Waals surface area (Å²) in [6.45, 7) is 0.489. The van der Waals surface area contributed by atoms with Crippen LogP contribution in [-0.2, 0) is 18.0 Å². The molecule has 0 bridgehead atoms. The minimum absolute atomic E-state index is 0.163. The van der Waals surface area contributed by atoms with Gasteiger partial charge >= 0.3 is 5.97 Å². The van der Waals surface area contributed by atoms with Crippen LogP contribution >= 0.6 is 0 Å². The van der Waals surface area contributed by atoms with Crippen molar-refractivity contribution in [3.05, 3.63) is 101 Å². The van der Waals surface area contributed by atoms with Crippen molar-refractivity contribution in [3.8, 4) is 5.75 Å². The molecule has 3 rings (SSSR count). The molecule has 3 aromatic rings. The van der Waals surface area contributed by atoms with E-state index in [0.717, 1.165) is 11.1 Å². The lowest BCUT2D eigenvalue weighted by Crippen LogP contribution is -2.09. The molecule has 136 valence electrons. The van der Waals surface area contributed by atoms with E-state index in [2.05, 4.69) is 5.16 Å². The second kappa shape index (κ2) is 9.20. The standard InChI is InChI=1S/C22H19NO4/c24-22(27-16-18-9-5-2-6-10-18)20-13-19(14-23-25)11-12-21(20)26-15-17-7-3-1-4-8-17/h1-14,25H,15-16H2. The van der Waals surface area contributed by atoms with Gasteiger partial charge < -0.3 is 14.7 Å². The monoisotopic (exact) mass is 361 g/mol. The zero-order chi connectivity index (χ0) is 18.9. The van der Waals surface area contributed by atoms with E-state index in [0.29, 0.717) is 17.9 Å². The molecule has 1 N–H and O–H groups in total. The molecule has 5 nitrogen and oxygen atoms in total. The predicted octanol–water partition coefficient (Wildman–Crippen LogP) is 4.43. The van der Waals surface area contributed by atoms with Crippen LogP contribution in [-0.4, -0.2) is 17.4 Å². The third-order valence-electron chi connectivity index (χ3n) is 3.88. The second-order valence-corrected chi connectivity index (χ2v) is 5.84. The van der Waals surface area contributed by atoms with Crippen molar-refractivity contribution in [1.29, 1.82) is 0 Å². The number of hydrogen-bond acceptors (Lipinski definition) is 5. The Hall–Kier alpha value is -3.60. The van der Waals surface area contributed by atoms with Gasteiger partial charge in [-0.15, -0.1) is 0 Å². The van der Waals surface area contributed by atoms with Crippen LogP contribution in [0.15, 0.2) is 84.0 Å². The fourth-order valence-electron chi connectivity index (χ4n) is 2.52. The van der Waals surface area contributed by atoms with Gasteiger partial charge in [0.1, 0.15) is 24.5 Å². The summed E-state index contributed by atoms with van der Waals surface area (Å²) < 4.78 is 11.2. The molecule has 0 spiro atoms. The Bertz CT molecular complexity index is 908. The van der Waals surface area contributed by atoms with Gasteiger partial charge in [0.15, 0.2) is 0 Å². The highest BCUT2D eigenvalue weighted by atomic mass is 16.5. The summed E-state index contributed by atoms with van der Waals surface area (Å²) in [7, 11) is 0. The Balaban J connectivity index is 1.77. The van der Waals surface area contributed by atoms with E-state index >= 15 is 0 Å². The number of ether oxygens (including phenoxy) is 2. The first-order chi connectivity index (χ1) is 13.3. The number of carbonyl (C=O) groups is 1. The molecule has 0 atom stereocenters. The summed E-state index contributed by atoms with van der Waals surface area (Å²) in [4.78, 5) is 12.6. The van der Waals surface area contributed by atoms with Crippen LogP contribution in [0.1, 0.15) is 27.0 Å². The third-order valence-corrected chi connectivity index (χ3v) is 3.88. The summed E-state index contributed by atoms with van der Waals surface area (Å²) in [5.41, 5.74) is 2.73. The van der Waals surface area contributed by atoms with E-state index < -0.39 is 5.97 Å². The molecule has 0 aliphatic heterocycles. The summed E-state index contributed by atoms with van der Waals surface area (Å²) in [5, 5.41) is 11.7. The van der Waals surface area contributed by atoms with Gasteiger partial charge in [-0.1, -0.05) is 65.8 Å². The largest absolute Gasteiger partial charge is 0.488 e. The van der Waals surface area contributed by atoms with Gasteiger partial charge in [-0.2, -0.15) is 0 Å². The molecular weight excluding hydrogens is 342 g/mol. The van der Waals surface area contributed by atoms with E-state index in [1.807, 2.05) is 60.7 Å². The van der Waals surface area contributed by atoms with Crippen molar-refractivity contribution in [3.63, 3.8) is 0 Å². The molecule has 0 heterocycles. The lowest BCUT2D eigenvalue weighted by Gasteiger charge is -2.12. The van der Waals surface area contributed by atoms with Gasteiger partial charge in [0.2, 0.25) is 0 Å². The highest BCUT2D eigenvalue weighted by Crippen LogP contribution is 2.23. The number of oxime groups is 1. The van der Waals surface area contributed by atoms with Gasteiger partial charge in [-0.25, -0.2) is 4.79 Å². The molecule has 0 radical (unpaired) electrons. The molecular formula is C22H19NO4. The summed E-state index contributed by atoms with van der Waals surface area (Å²) in [6, 6.07) is 24.1. The predicted molar refractivity (Wildman–Crippen MR) is 102 cm³/mol. The topological polar surface area (TPSA) is 68.1 Å². The van der Waals surface area contributed by atoms with E-state index in [-0.39, 0.29) is 12.2 Å². The average Bonchev–Trinajstić information content (AvgIpc) is 2.73. The normalized spacial score (nSPS) is 10.7. The highest BCUT2D eigenvalue weighted by molar-refractivity contribution is 5.95. The minimum atomic E-state index is -0.505. The SMILES string of the molecule is O=C(OCc1ccccc1)c1cc(C=NO)ccc1OCc1ccccc1. The number of benzene rings is 3. The molecule has 0 aromatic heterocycles. The van der Waals surface area contributed by atoms with Crippen molar-refractivity contribution < 1.29 is 19.5 Å². The number of esters is 1. The van der Waals surface area contributed by atoms with Crippen molar-refractivity contribution in [2.75, 3.05) is 0 Å². The number of nitrogens with zero attached hydrogens (tertiary/aromatic N) is 1. The Kier molecular flexibility index (Phi) is 6.20. The van der Waals surface area contributed by atoms with Crippen molar-refractivity contribution >= 4 is 12.2 Å². The van der Waals surface area contributed by atoms with Crippen LogP contribution in [0, 0.1) is 0 Å². The van der Waals surface area contributed by atoms with Gasteiger partial charge in [0.05, 0.1) is 6.21 Å². The highest BCUT2D eigenvalue weighted by Gasteiger charge is 2.15. The molecule has 27 heavy (non-hydrogen) atoms. The van der Waals surface area contributed by atoms with E-state index in [9.17, 15) is 4.79 Å². The maximum Gasteiger partial charge on any atom is 0.342 e. The molecule has 0 fully saturated rings. The Labute approximate surface area is 157 Å². The Morgan fingerprint density at radius 1 is 0.889 bits per heavy atom. The van der Waals surface area contributed by atoms with Crippen LogP contribution in [0.2, 0.25) is 0 Å². The zero-order valence-electron chi connectivity index (χ0n) is 14.6. The minimum Gasteiger partial charge on any atom is -0.488 e. The quantitative estimate of drug-likeness (QED) is 0.293. The first-order valence-electron chi connectivity index (χ1n) is 8.45. The third kappa shape index (κ3) is 5.19. The lowest BCUT2D eigenvalue weighted by atomic mass is 10.1. The molecule has 0 saturated heterocycles. The van der Waals surface area contributed by atoms with Gasteiger partial charge in [-0.05, 0) is 34.9 Å². The van der Waals surface area contributed by atoms with Gasteiger partial charge in [0, 0.05) is 0 Å². The molecule has 0 aliphatic rings. The maximum atomic E-state index is 12.6. The summed E-state index contributed by atoms with van der Waals surface area (Å²) >= 11 is 0. The number of hydrogen-bond donors (Lipinski definition) is 1. The fourth-order valence-corrected chi connectivity index (χ4v) is 2.52. The van der Waals surface area contributed by atoms with Crippen molar-refractivity contribution in [2.24, 2.45) is 5.16 Å². The molecule has 3 aromatic carbocycles.